The largest absolute Gasteiger partial charge is 0.494 e. The summed E-state index contributed by atoms with van der Waals surface area (Å²) < 4.78 is 7.43. The van der Waals surface area contributed by atoms with Gasteiger partial charge in [-0.15, -0.1) is 0 Å². The van der Waals surface area contributed by atoms with Gasteiger partial charge >= 0.3 is 0 Å². The number of hydrogen-bond acceptors (Lipinski definition) is 6. The van der Waals surface area contributed by atoms with Gasteiger partial charge in [0.05, 0.1) is 23.9 Å². The summed E-state index contributed by atoms with van der Waals surface area (Å²) in [6, 6.07) is 10.7. The maximum Gasteiger partial charge on any atom is 0.166 e. The average molecular weight is 464 g/mol. The van der Waals surface area contributed by atoms with Gasteiger partial charge in [-0.3, -0.25) is 4.79 Å². The Morgan fingerprint density at radius 2 is 1.91 bits per heavy atom. The predicted molar refractivity (Wildman–Crippen MR) is 139 cm³/mol. The lowest BCUT2D eigenvalue weighted by molar-refractivity contribution is 0.0981. The number of fused-ring (bicyclic) bond motifs is 1. The quantitative estimate of drug-likeness (QED) is 0.327. The van der Waals surface area contributed by atoms with Crippen molar-refractivity contribution < 1.29 is 9.53 Å². The second-order valence-electron chi connectivity index (χ2n) is 9.25. The Hall–Kier alpha value is -3.06. The molecule has 0 unspecified atom stereocenters. The fraction of sp³-hybridized carbons (Fsp3) is 0.481. The van der Waals surface area contributed by atoms with Crippen LogP contribution in [0.3, 0.4) is 0 Å². The number of Topliss-reactive ketones (excluding diaryl/α,β-unsaturated/α-hetero) is 1. The summed E-state index contributed by atoms with van der Waals surface area (Å²) in [6.07, 6.45) is 8.28. The molecule has 4 rings (SSSR count). The first kappa shape index (κ1) is 24.1. The molecule has 0 saturated heterocycles. The molecule has 34 heavy (non-hydrogen) atoms. The van der Waals surface area contributed by atoms with E-state index < -0.39 is 0 Å². The van der Waals surface area contributed by atoms with Crippen LogP contribution in [0.15, 0.2) is 36.5 Å². The van der Waals surface area contributed by atoms with Gasteiger partial charge in [0.1, 0.15) is 11.6 Å². The highest BCUT2D eigenvalue weighted by Gasteiger charge is 2.22. The van der Waals surface area contributed by atoms with Gasteiger partial charge in [0.25, 0.3) is 0 Å². The number of nitrogens with two attached hydrogens (primary N) is 1. The van der Waals surface area contributed by atoms with Gasteiger partial charge in [-0.1, -0.05) is 13.3 Å². The van der Waals surface area contributed by atoms with Crippen LogP contribution in [0.25, 0.3) is 5.52 Å². The van der Waals surface area contributed by atoms with Crippen LogP contribution in [-0.2, 0) is 0 Å². The number of unbranched alkanes of at least 4 members (excludes halogenated alkanes) is 1. The molecule has 0 aliphatic heterocycles. The number of carbonyl (C=O) groups excluding carboxylic acids is 1. The number of rotatable bonds is 10. The zero-order valence-corrected chi connectivity index (χ0v) is 20.6. The zero-order chi connectivity index (χ0) is 24.1. The highest BCUT2D eigenvalue weighted by molar-refractivity contribution is 6.03. The third-order valence-corrected chi connectivity index (χ3v) is 6.68. The van der Waals surface area contributed by atoms with Crippen molar-refractivity contribution in [1.82, 2.24) is 9.61 Å². The molecule has 2 aromatic heterocycles. The van der Waals surface area contributed by atoms with E-state index in [2.05, 4.69) is 35.6 Å². The fourth-order valence-corrected chi connectivity index (χ4v) is 4.61. The highest BCUT2D eigenvalue weighted by atomic mass is 16.5. The molecule has 2 heterocycles. The van der Waals surface area contributed by atoms with E-state index in [1.54, 1.807) is 6.20 Å². The molecule has 0 spiro atoms. The molecule has 1 fully saturated rings. The van der Waals surface area contributed by atoms with Crippen molar-refractivity contribution in [2.24, 2.45) is 5.73 Å². The lowest BCUT2D eigenvalue weighted by Crippen LogP contribution is -2.33. The van der Waals surface area contributed by atoms with Crippen LogP contribution in [-0.4, -0.2) is 34.1 Å². The van der Waals surface area contributed by atoms with Gasteiger partial charge in [0, 0.05) is 35.4 Å². The van der Waals surface area contributed by atoms with E-state index in [4.69, 9.17) is 10.5 Å². The van der Waals surface area contributed by atoms with Gasteiger partial charge in [-0.2, -0.15) is 5.10 Å². The summed E-state index contributed by atoms with van der Waals surface area (Å²) in [7, 11) is 0. The highest BCUT2D eigenvalue weighted by Crippen LogP contribution is 2.33. The second kappa shape index (κ2) is 10.9. The molecule has 182 valence electrons. The third kappa shape index (κ3) is 5.36. The lowest BCUT2D eigenvalue weighted by Gasteiger charge is -2.29. The molecule has 1 saturated carbocycles. The smallest absolute Gasteiger partial charge is 0.166 e. The summed E-state index contributed by atoms with van der Waals surface area (Å²) in [5.74, 6) is 1.83. The van der Waals surface area contributed by atoms with Crippen molar-refractivity contribution in [1.29, 1.82) is 0 Å². The van der Waals surface area contributed by atoms with E-state index in [-0.39, 0.29) is 5.78 Å². The van der Waals surface area contributed by atoms with Crippen molar-refractivity contribution in [3.05, 3.63) is 47.7 Å². The van der Waals surface area contributed by atoms with Gasteiger partial charge in [0.2, 0.25) is 0 Å². The molecule has 0 amide bonds. The minimum absolute atomic E-state index is 0.141. The minimum Gasteiger partial charge on any atom is -0.494 e. The Bertz CT molecular complexity index is 1110. The van der Waals surface area contributed by atoms with Crippen LogP contribution in [0, 0.1) is 6.92 Å². The molecule has 1 aliphatic carbocycles. The first-order valence-electron chi connectivity index (χ1n) is 12.6. The second-order valence-corrected chi connectivity index (χ2v) is 9.25. The zero-order valence-electron chi connectivity index (χ0n) is 20.6. The van der Waals surface area contributed by atoms with Crippen LogP contribution < -0.4 is 21.1 Å². The van der Waals surface area contributed by atoms with Crippen molar-refractivity contribution in [3.8, 4) is 5.75 Å². The number of anilines is 3. The summed E-state index contributed by atoms with van der Waals surface area (Å²) in [5.41, 5.74) is 10.7. The van der Waals surface area contributed by atoms with E-state index in [1.807, 2.05) is 35.7 Å². The SMILES string of the molecule is CCCCC(=O)c1cnn2c(Nc3ccc(OCC)cc3)c(C)c(N[C@H]3CC[C@H](N)CC3)cc12. The van der Waals surface area contributed by atoms with Crippen molar-refractivity contribution in [2.45, 2.75) is 77.8 Å². The Morgan fingerprint density at radius 3 is 2.59 bits per heavy atom. The predicted octanol–water partition coefficient (Wildman–Crippen LogP) is 5.84. The summed E-state index contributed by atoms with van der Waals surface area (Å²) in [6.45, 7) is 6.80. The number of benzene rings is 1. The number of hydrogen-bond donors (Lipinski definition) is 3. The van der Waals surface area contributed by atoms with E-state index in [9.17, 15) is 4.79 Å². The molecule has 4 N–H and O–H groups in total. The number of carbonyl (C=O) groups is 1. The lowest BCUT2D eigenvalue weighted by atomic mass is 9.91. The number of aromatic nitrogens is 2. The van der Waals surface area contributed by atoms with Gasteiger partial charge < -0.3 is 21.1 Å². The van der Waals surface area contributed by atoms with Gasteiger partial charge in [0.15, 0.2) is 5.78 Å². The minimum atomic E-state index is 0.141. The topological polar surface area (TPSA) is 93.7 Å². The van der Waals surface area contributed by atoms with Crippen LogP contribution in [0.5, 0.6) is 5.75 Å². The van der Waals surface area contributed by atoms with Crippen molar-refractivity contribution in [3.63, 3.8) is 0 Å². The molecule has 0 atom stereocenters. The molecule has 1 aromatic carbocycles. The molecule has 7 nitrogen and oxygen atoms in total. The maximum absolute atomic E-state index is 12.9. The van der Waals surface area contributed by atoms with E-state index in [0.717, 1.165) is 72.5 Å². The molecular formula is C27H37N5O2. The van der Waals surface area contributed by atoms with Crippen LogP contribution in [0.2, 0.25) is 0 Å². The number of nitrogens with zero attached hydrogens (tertiary/aromatic N) is 2. The van der Waals surface area contributed by atoms with Gasteiger partial charge in [-0.05, 0) is 76.3 Å². The summed E-state index contributed by atoms with van der Waals surface area (Å²) in [5, 5.41) is 11.9. The molecule has 0 bridgehead atoms. The van der Waals surface area contributed by atoms with Crippen molar-refractivity contribution in [2.75, 3.05) is 17.2 Å². The molecule has 3 aromatic rings. The average Bonchev–Trinajstić information content (AvgIpc) is 3.26. The fourth-order valence-electron chi connectivity index (χ4n) is 4.61. The van der Waals surface area contributed by atoms with Gasteiger partial charge in [-0.25, -0.2) is 4.52 Å². The standard InChI is InChI=1S/C27H37N5O2/c1-4-6-7-26(33)23-17-29-32-25(23)16-24(30-20-10-8-19(28)9-11-20)18(3)27(32)31-21-12-14-22(15-13-21)34-5-2/h12-17,19-20,30-31H,4-11,28H2,1-3H3/t19-,20-. The van der Waals surface area contributed by atoms with Crippen LogP contribution in [0.1, 0.15) is 74.7 Å². The third-order valence-electron chi connectivity index (χ3n) is 6.68. The van der Waals surface area contributed by atoms with Crippen LogP contribution in [0.4, 0.5) is 17.2 Å². The first-order valence-corrected chi connectivity index (χ1v) is 12.6. The Morgan fingerprint density at radius 1 is 1.18 bits per heavy atom. The molecule has 7 heteroatoms. The monoisotopic (exact) mass is 463 g/mol. The van der Waals surface area contributed by atoms with E-state index in [1.165, 1.54) is 0 Å². The number of ether oxygens (including phenoxy) is 1. The number of pyridine rings is 1. The van der Waals surface area contributed by atoms with Crippen LogP contribution >= 0.6 is 0 Å². The Balaban J connectivity index is 1.71. The number of nitrogens with one attached hydrogen (secondary N) is 2. The summed E-state index contributed by atoms with van der Waals surface area (Å²) in [4.78, 5) is 12.9. The Labute approximate surface area is 202 Å². The number of ketones is 1. The van der Waals surface area contributed by atoms with Crippen molar-refractivity contribution >= 4 is 28.5 Å². The summed E-state index contributed by atoms with van der Waals surface area (Å²) >= 11 is 0. The maximum atomic E-state index is 12.9. The molecule has 1 aliphatic rings. The van der Waals surface area contributed by atoms with E-state index in [0.29, 0.717) is 30.7 Å². The van der Waals surface area contributed by atoms with E-state index >= 15 is 0 Å². The normalized spacial score (nSPS) is 18.1. The molecular weight excluding hydrogens is 426 g/mol. The Kier molecular flexibility index (Phi) is 7.73. The molecule has 0 radical (unpaired) electrons. The first-order chi connectivity index (χ1) is 16.5.